The van der Waals surface area contributed by atoms with Gasteiger partial charge in [-0.3, -0.25) is 0 Å². The summed E-state index contributed by atoms with van der Waals surface area (Å²) >= 11 is 6.02. The molecule has 3 aromatic rings. The van der Waals surface area contributed by atoms with E-state index in [2.05, 4.69) is 9.97 Å². The molecule has 0 saturated heterocycles. The summed E-state index contributed by atoms with van der Waals surface area (Å²) in [6, 6.07) is 9.90. The molecule has 0 fully saturated rings. The summed E-state index contributed by atoms with van der Waals surface area (Å²) in [6.45, 7) is 0. The molecular formula is C14H7ClF2N2. The minimum absolute atomic E-state index is 0.170. The average Bonchev–Trinajstić information content (AvgIpc) is 2.40. The molecule has 0 unspecified atom stereocenters. The number of aromatic nitrogens is 2. The van der Waals surface area contributed by atoms with Crippen molar-refractivity contribution in [2.24, 2.45) is 0 Å². The van der Waals surface area contributed by atoms with Gasteiger partial charge in [-0.15, -0.1) is 0 Å². The molecule has 1 aromatic heterocycles. The monoisotopic (exact) mass is 276 g/mol. The lowest BCUT2D eigenvalue weighted by Gasteiger charge is -2.04. The zero-order chi connectivity index (χ0) is 13.4. The van der Waals surface area contributed by atoms with E-state index in [4.69, 9.17) is 11.6 Å². The molecule has 0 aliphatic heterocycles. The Morgan fingerprint density at radius 1 is 0.842 bits per heavy atom. The van der Waals surface area contributed by atoms with Crippen LogP contribution in [0.3, 0.4) is 0 Å². The largest absolute Gasteiger partial charge is 0.228 e. The zero-order valence-electron chi connectivity index (χ0n) is 9.57. The quantitative estimate of drug-likeness (QED) is 0.622. The molecule has 94 valence electrons. The van der Waals surface area contributed by atoms with Crippen LogP contribution in [0.4, 0.5) is 8.78 Å². The molecule has 19 heavy (non-hydrogen) atoms. The van der Waals surface area contributed by atoms with Gasteiger partial charge in [-0.1, -0.05) is 11.6 Å². The van der Waals surface area contributed by atoms with Gasteiger partial charge in [0, 0.05) is 10.9 Å². The van der Waals surface area contributed by atoms with Gasteiger partial charge >= 0.3 is 0 Å². The predicted molar refractivity (Wildman–Crippen MR) is 69.9 cm³/mol. The van der Waals surface area contributed by atoms with Crippen LogP contribution < -0.4 is 0 Å². The Hall–Kier alpha value is -2.07. The van der Waals surface area contributed by atoms with Crippen LogP contribution in [0.5, 0.6) is 0 Å². The van der Waals surface area contributed by atoms with Crippen LogP contribution in [0.1, 0.15) is 0 Å². The van der Waals surface area contributed by atoms with Crippen molar-refractivity contribution in [2.75, 3.05) is 0 Å². The zero-order valence-corrected chi connectivity index (χ0v) is 10.3. The summed E-state index contributed by atoms with van der Waals surface area (Å²) in [7, 11) is 0. The first kappa shape index (κ1) is 12.0. The Kier molecular flexibility index (Phi) is 2.87. The Morgan fingerprint density at radius 2 is 1.53 bits per heavy atom. The molecule has 0 N–H and O–H groups in total. The fourth-order valence-electron chi connectivity index (χ4n) is 1.79. The summed E-state index contributed by atoms with van der Waals surface area (Å²) < 4.78 is 26.0. The summed E-state index contributed by atoms with van der Waals surface area (Å²) in [5, 5.41) is 0.622. The number of nitrogens with zero attached hydrogens (tertiary/aromatic N) is 2. The highest BCUT2D eigenvalue weighted by Crippen LogP contribution is 2.25. The molecule has 0 saturated carbocycles. The SMILES string of the molecule is Fc1ccc(-c2nc(Cl)c3cc(F)ccc3n2)cc1. The van der Waals surface area contributed by atoms with Crippen LogP contribution in [-0.2, 0) is 0 Å². The van der Waals surface area contributed by atoms with Crippen molar-refractivity contribution >= 4 is 22.5 Å². The summed E-state index contributed by atoms with van der Waals surface area (Å²) in [4.78, 5) is 8.40. The van der Waals surface area contributed by atoms with Crippen molar-refractivity contribution in [1.82, 2.24) is 9.97 Å². The van der Waals surface area contributed by atoms with Gasteiger partial charge in [0.15, 0.2) is 5.82 Å². The van der Waals surface area contributed by atoms with Crippen molar-refractivity contribution in [3.05, 3.63) is 59.3 Å². The van der Waals surface area contributed by atoms with Gasteiger partial charge in [0.05, 0.1) is 5.52 Å². The molecule has 3 rings (SSSR count). The summed E-state index contributed by atoms with van der Waals surface area (Å²) in [6.07, 6.45) is 0. The molecule has 0 aliphatic carbocycles. The number of hydrogen-bond acceptors (Lipinski definition) is 2. The first-order chi connectivity index (χ1) is 9.13. The molecule has 0 aliphatic rings. The summed E-state index contributed by atoms with van der Waals surface area (Å²) in [5.41, 5.74) is 1.19. The highest BCUT2D eigenvalue weighted by atomic mass is 35.5. The topological polar surface area (TPSA) is 25.8 Å². The standard InChI is InChI=1S/C14H7ClF2N2/c15-13-11-7-10(17)5-6-12(11)18-14(19-13)8-1-3-9(16)4-2-8/h1-7H. The van der Waals surface area contributed by atoms with Gasteiger partial charge < -0.3 is 0 Å². The van der Waals surface area contributed by atoms with E-state index in [9.17, 15) is 8.78 Å². The smallest absolute Gasteiger partial charge is 0.161 e. The first-order valence-electron chi connectivity index (χ1n) is 5.52. The minimum Gasteiger partial charge on any atom is -0.228 e. The predicted octanol–water partition coefficient (Wildman–Crippen LogP) is 4.23. The number of fused-ring (bicyclic) bond motifs is 1. The molecular weight excluding hydrogens is 270 g/mol. The lowest BCUT2D eigenvalue weighted by Crippen LogP contribution is -1.92. The second-order valence-electron chi connectivity index (χ2n) is 4.01. The van der Waals surface area contributed by atoms with Crippen LogP contribution in [0.2, 0.25) is 5.15 Å². The van der Waals surface area contributed by atoms with E-state index < -0.39 is 5.82 Å². The normalized spacial score (nSPS) is 10.9. The maximum absolute atomic E-state index is 13.1. The maximum atomic E-state index is 13.1. The van der Waals surface area contributed by atoms with Crippen LogP contribution in [0.25, 0.3) is 22.3 Å². The van der Waals surface area contributed by atoms with Gasteiger partial charge in [0.2, 0.25) is 0 Å². The van der Waals surface area contributed by atoms with Crippen molar-refractivity contribution in [2.45, 2.75) is 0 Å². The fourth-order valence-corrected chi connectivity index (χ4v) is 2.02. The van der Waals surface area contributed by atoms with E-state index in [1.54, 1.807) is 12.1 Å². The van der Waals surface area contributed by atoms with Gasteiger partial charge in [-0.2, -0.15) is 0 Å². The third kappa shape index (κ3) is 2.27. The lowest BCUT2D eigenvalue weighted by atomic mass is 10.2. The molecule has 2 aromatic carbocycles. The van der Waals surface area contributed by atoms with E-state index >= 15 is 0 Å². The molecule has 0 bridgehead atoms. The maximum Gasteiger partial charge on any atom is 0.161 e. The van der Waals surface area contributed by atoms with Gasteiger partial charge in [0.25, 0.3) is 0 Å². The molecule has 0 radical (unpaired) electrons. The first-order valence-corrected chi connectivity index (χ1v) is 5.90. The summed E-state index contributed by atoms with van der Waals surface area (Å²) in [5.74, 6) is -0.352. The third-order valence-corrected chi connectivity index (χ3v) is 3.00. The molecule has 5 heteroatoms. The second-order valence-corrected chi connectivity index (χ2v) is 4.36. The Morgan fingerprint density at radius 3 is 2.26 bits per heavy atom. The van der Waals surface area contributed by atoms with E-state index in [0.717, 1.165) is 0 Å². The van der Waals surface area contributed by atoms with Gasteiger partial charge in [-0.05, 0) is 42.5 Å². The van der Waals surface area contributed by atoms with Gasteiger partial charge in [0.1, 0.15) is 16.8 Å². The van der Waals surface area contributed by atoms with E-state index in [1.807, 2.05) is 0 Å². The van der Waals surface area contributed by atoms with Crippen LogP contribution in [0, 0.1) is 11.6 Å². The molecule has 0 atom stereocenters. The van der Waals surface area contributed by atoms with Crippen molar-refractivity contribution in [1.29, 1.82) is 0 Å². The molecule has 1 heterocycles. The van der Waals surface area contributed by atoms with Crippen LogP contribution in [-0.4, -0.2) is 9.97 Å². The molecule has 2 nitrogen and oxygen atoms in total. The average molecular weight is 277 g/mol. The van der Waals surface area contributed by atoms with Crippen LogP contribution >= 0.6 is 11.6 Å². The van der Waals surface area contributed by atoms with Crippen molar-refractivity contribution in [3.8, 4) is 11.4 Å². The molecule has 0 spiro atoms. The highest BCUT2D eigenvalue weighted by Gasteiger charge is 2.08. The van der Waals surface area contributed by atoms with Crippen molar-refractivity contribution < 1.29 is 8.78 Å². The second kappa shape index (κ2) is 4.55. The fraction of sp³-hybridized carbons (Fsp3) is 0. The highest BCUT2D eigenvalue weighted by molar-refractivity contribution is 6.34. The van der Waals surface area contributed by atoms with Crippen molar-refractivity contribution in [3.63, 3.8) is 0 Å². The molecule has 0 amide bonds. The Balaban J connectivity index is 2.20. The van der Waals surface area contributed by atoms with Gasteiger partial charge in [-0.25, -0.2) is 18.7 Å². The third-order valence-electron chi connectivity index (χ3n) is 2.71. The number of halogens is 3. The van der Waals surface area contributed by atoms with E-state index in [-0.39, 0.29) is 11.0 Å². The number of hydrogen-bond donors (Lipinski definition) is 0. The van der Waals surface area contributed by atoms with Crippen LogP contribution in [0.15, 0.2) is 42.5 Å². The van der Waals surface area contributed by atoms with E-state index in [0.29, 0.717) is 22.3 Å². The number of benzene rings is 2. The number of rotatable bonds is 1. The van der Waals surface area contributed by atoms with E-state index in [1.165, 1.54) is 30.3 Å². The Bertz CT molecular complexity index is 757. The Labute approximate surface area is 112 Å². The minimum atomic E-state index is -0.396. The lowest BCUT2D eigenvalue weighted by molar-refractivity contribution is 0.628.